The summed E-state index contributed by atoms with van der Waals surface area (Å²) in [6.45, 7) is 3.82. The molecular weight excluding hydrogens is 460 g/mol. The third-order valence-electron chi connectivity index (χ3n) is 2.51. The Morgan fingerprint density at radius 1 is 1.26 bits per heavy atom. The number of nitrogens with two attached hydrogens (primary N) is 1. The fourth-order valence-corrected chi connectivity index (χ4v) is 4.46. The maximum Gasteiger partial charge on any atom is 0.234 e. The zero-order chi connectivity index (χ0) is 14.7. The Labute approximate surface area is 143 Å². The van der Waals surface area contributed by atoms with Crippen LogP contribution in [0.4, 0.5) is 5.69 Å². The molecule has 7 heteroatoms. The summed E-state index contributed by atoms with van der Waals surface area (Å²) >= 11 is 15.2. The molecule has 104 valence electrons. The number of rotatable bonds is 4. The molecule has 0 bridgehead atoms. The number of amides is 1. The van der Waals surface area contributed by atoms with Crippen molar-refractivity contribution >= 4 is 76.6 Å². The molecule has 0 heterocycles. The van der Waals surface area contributed by atoms with Crippen LogP contribution in [0.15, 0.2) is 25.6 Å². The van der Waals surface area contributed by atoms with Gasteiger partial charge in [0.2, 0.25) is 5.91 Å². The van der Waals surface area contributed by atoms with E-state index in [4.69, 9.17) is 18.0 Å². The number of benzene rings is 1. The summed E-state index contributed by atoms with van der Waals surface area (Å²) in [5.74, 6) is -0.644. The van der Waals surface area contributed by atoms with Gasteiger partial charge in [-0.2, -0.15) is 0 Å². The van der Waals surface area contributed by atoms with E-state index in [-0.39, 0.29) is 16.8 Å². The Morgan fingerprint density at radius 2 is 1.74 bits per heavy atom. The Balaban J connectivity index is 3.03. The fraction of sp³-hybridized carbons (Fsp3) is 0.333. The number of hydrogen-bond acceptors (Lipinski definition) is 2. The first kappa shape index (κ1) is 17.1. The molecule has 0 aliphatic carbocycles. The smallest absolute Gasteiger partial charge is 0.234 e. The molecule has 0 fully saturated rings. The van der Waals surface area contributed by atoms with Crippen LogP contribution in [0.2, 0.25) is 0 Å². The molecule has 0 aliphatic rings. The van der Waals surface area contributed by atoms with Gasteiger partial charge in [0.25, 0.3) is 0 Å². The highest BCUT2D eigenvalue weighted by molar-refractivity contribution is 9.11. The molecule has 0 aromatic heterocycles. The second-order valence-electron chi connectivity index (χ2n) is 4.36. The van der Waals surface area contributed by atoms with Gasteiger partial charge in [0.05, 0.1) is 16.6 Å². The van der Waals surface area contributed by atoms with Crippen molar-refractivity contribution in [3.63, 3.8) is 0 Å². The van der Waals surface area contributed by atoms with Crippen LogP contribution in [-0.4, -0.2) is 10.9 Å². The molecule has 1 atom stereocenters. The zero-order valence-electron chi connectivity index (χ0n) is 10.3. The number of nitrogens with one attached hydrogen (secondary N) is 1. The molecule has 19 heavy (non-hydrogen) atoms. The predicted octanol–water partition coefficient (Wildman–Crippen LogP) is 4.47. The van der Waals surface area contributed by atoms with E-state index in [2.05, 4.69) is 53.1 Å². The lowest BCUT2D eigenvalue weighted by Gasteiger charge is -2.20. The molecule has 1 aromatic carbocycles. The summed E-state index contributed by atoms with van der Waals surface area (Å²) in [6, 6.07) is 3.71. The van der Waals surface area contributed by atoms with Crippen molar-refractivity contribution in [2.45, 2.75) is 13.8 Å². The minimum absolute atomic E-state index is 0.0468. The van der Waals surface area contributed by atoms with Crippen molar-refractivity contribution < 1.29 is 4.79 Å². The van der Waals surface area contributed by atoms with Crippen LogP contribution in [0, 0.1) is 11.8 Å². The van der Waals surface area contributed by atoms with E-state index in [1.165, 1.54) is 0 Å². The molecule has 0 radical (unpaired) electrons. The Morgan fingerprint density at radius 3 is 2.11 bits per heavy atom. The summed E-state index contributed by atoms with van der Waals surface area (Å²) < 4.78 is 2.44. The maximum absolute atomic E-state index is 12.3. The van der Waals surface area contributed by atoms with Crippen LogP contribution in [-0.2, 0) is 4.79 Å². The number of carbonyl (C=O) groups excluding carboxylic acids is 1. The summed E-state index contributed by atoms with van der Waals surface area (Å²) in [4.78, 5) is 12.5. The maximum atomic E-state index is 12.3. The van der Waals surface area contributed by atoms with Crippen molar-refractivity contribution in [2.24, 2.45) is 17.6 Å². The van der Waals surface area contributed by atoms with E-state index in [1.54, 1.807) is 0 Å². The standard InChI is InChI=1S/C12H13Br3N2OS/c1-5(2)9(11(16)19)12(18)17-10-7(14)3-6(13)4-8(10)15/h3-5,9H,1-2H3,(H2,16,19)(H,17,18). The van der Waals surface area contributed by atoms with Crippen LogP contribution in [0.5, 0.6) is 0 Å². The minimum atomic E-state index is -0.488. The van der Waals surface area contributed by atoms with Gasteiger partial charge >= 0.3 is 0 Å². The number of thiocarbonyl (C=S) groups is 1. The van der Waals surface area contributed by atoms with Crippen LogP contribution >= 0.6 is 60.0 Å². The van der Waals surface area contributed by atoms with Crippen molar-refractivity contribution in [2.75, 3.05) is 5.32 Å². The molecule has 1 rings (SSSR count). The summed E-state index contributed by atoms with van der Waals surface area (Å²) in [6.07, 6.45) is 0. The van der Waals surface area contributed by atoms with E-state index in [9.17, 15) is 4.79 Å². The number of carbonyl (C=O) groups is 1. The fourth-order valence-electron chi connectivity index (χ4n) is 1.62. The van der Waals surface area contributed by atoms with Crippen LogP contribution in [0.25, 0.3) is 0 Å². The minimum Gasteiger partial charge on any atom is -0.393 e. The van der Waals surface area contributed by atoms with Gasteiger partial charge in [0.1, 0.15) is 0 Å². The lowest BCUT2D eigenvalue weighted by atomic mass is 9.95. The van der Waals surface area contributed by atoms with E-state index >= 15 is 0 Å². The van der Waals surface area contributed by atoms with E-state index in [0.29, 0.717) is 5.69 Å². The molecule has 0 saturated heterocycles. The first-order valence-corrected chi connectivity index (χ1v) is 8.27. The van der Waals surface area contributed by atoms with Gasteiger partial charge in [-0.25, -0.2) is 0 Å². The van der Waals surface area contributed by atoms with Gasteiger partial charge < -0.3 is 11.1 Å². The quantitative estimate of drug-likeness (QED) is 0.636. The third kappa shape index (κ3) is 4.51. The Kier molecular flexibility index (Phi) is 6.42. The van der Waals surface area contributed by atoms with Crippen molar-refractivity contribution in [1.29, 1.82) is 0 Å². The number of anilines is 1. The van der Waals surface area contributed by atoms with E-state index in [1.807, 2.05) is 26.0 Å². The lowest BCUT2D eigenvalue weighted by Crippen LogP contribution is -2.36. The first-order chi connectivity index (χ1) is 8.73. The van der Waals surface area contributed by atoms with Crippen molar-refractivity contribution in [3.8, 4) is 0 Å². The summed E-state index contributed by atoms with van der Waals surface area (Å²) in [5.41, 5.74) is 6.29. The molecule has 0 saturated carbocycles. The van der Waals surface area contributed by atoms with Gasteiger partial charge in [-0.3, -0.25) is 4.79 Å². The topological polar surface area (TPSA) is 55.1 Å². The Bertz CT molecular complexity index is 497. The lowest BCUT2D eigenvalue weighted by molar-refractivity contribution is -0.118. The molecule has 0 spiro atoms. The molecule has 1 unspecified atom stereocenters. The second-order valence-corrected chi connectivity index (χ2v) is 7.45. The van der Waals surface area contributed by atoms with Gasteiger partial charge in [-0.15, -0.1) is 0 Å². The molecule has 3 N–H and O–H groups in total. The van der Waals surface area contributed by atoms with Gasteiger partial charge in [-0.05, 0) is 49.9 Å². The average Bonchev–Trinajstić information content (AvgIpc) is 2.22. The van der Waals surface area contributed by atoms with Gasteiger partial charge in [0, 0.05) is 13.4 Å². The first-order valence-electron chi connectivity index (χ1n) is 5.48. The number of hydrogen-bond donors (Lipinski definition) is 2. The second kappa shape index (κ2) is 7.15. The average molecular weight is 473 g/mol. The van der Waals surface area contributed by atoms with Crippen LogP contribution in [0.1, 0.15) is 13.8 Å². The summed E-state index contributed by atoms with van der Waals surface area (Å²) in [7, 11) is 0. The molecule has 0 aliphatic heterocycles. The van der Waals surface area contributed by atoms with Crippen LogP contribution in [0.3, 0.4) is 0 Å². The van der Waals surface area contributed by atoms with Gasteiger partial charge in [-0.1, -0.05) is 42.0 Å². The summed E-state index contributed by atoms with van der Waals surface area (Å²) in [5, 5.41) is 2.85. The van der Waals surface area contributed by atoms with Crippen molar-refractivity contribution in [3.05, 3.63) is 25.6 Å². The molecule has 1 amide bonds. The highest BCUT2D eigenvalue weighted by atomic mass is 79.9. The molecule has 3 nitrogen and oxygen atoms in total. The molecule has 1 aromatic rings. The van der Waals surface area contributed by atoms with E-state index in [0.717, 1.165) is 13.4 Å². The zero-order valence-corrected chi connectivity index (χ0v) is 15.9. The predicted molar refractivity (Wildman–Crippen MR) is 93.3 cm³/mol. The SMILES string of the molecule is CC(C)C(C(=O)Nc1c(Br)cc(Br)cc1Br)C(N)=S. The highest BCUT2D eigenvalue weighted by Crippen LogP contribution is 2.34. The Hall–Kier alpha value is 0.0200. The monoisotopic (exact) mass is 470 g/mol. The van der Waals surface area contributed by atoms with Gasteiger partial charge in [0.15, 0.2) is 0 Å². The molecular formula is C12H13Br3N2OS. The van der Waals surface area contributed by atoms with Crippen molar-refractivity contribution in [1.82, 2.24) is 0 Å². The highest BCUT2D eigenvalue weighted by Gasteiger charge is 2.26. The van der Waals surface area contributed by atoms with E-state index < -0.39 is 5.92 Å². The normalized spacial score (nSPS) is 12.3. The third-order valence-corrected chi connectivity index (χ3v) is 4.47. The van der Waals surface area contributed by atoms with Crippen LogP contribution < -0.4 is 11.1 Å². The largest absolute Gasteiger partial charge is 0.393 e. The number of halogens is 3.